The van der Waals surface area contributed by atoms with E-state index in [2.05, 4.69) is 9.97 Å². The van der Waals surface area contributed by atoms with Gasteiger partial charge in [-0.15, -0.1) is 0 Å². The number of nitrogens with zero attached hydrogens (tertiary/aromatic N) is 2. The molecule has 0 aliphatic heterocycles. The SMILES string of the molecule is FC(F)(c1ccccc1)c1cnc(Cl)nc1. The summed E-state index contributed by atoms with van der Waals surface area (Å²) in [6.07, 6.45) is 2.06. The molecule has 0 saturated carbocycles. The Morgan fingerprint density at radius 1 is 0.938 bits per heavy atom. The molecule has 0 saturated heterocycles. The molecular formula is C11H7ClF2N2. The first kappa shape index (κ1) is 11.0. The Morgan fingerprint density at radius 2 is 1.50 bits per heavy atom. The molecule has 0 N–H and O–H groups in total. The fraction of sp³-hybridized carbons (Fsp3) is 0.0909. The summed E-state index contributed by atoms with van der Waals surface area (Å²) in [6.45, 7) is 0. The lowest BCUT2D eigenvalue weighted by molar-refractivity contribution is 0.0421. The maximum absolute atomic E-state index is 13.9. The molecular weight excluding hydrogens is 234 g/mol. The van der Waals surface area contributed by atoms with Crippen LogP contribution in [0.5, 0.6) is 0 Å². The van der Waals surface area contributed by atoms with Crippen molar-refractivity contribution in [2.24, 2.45) is 0 Å². The van der Waals surface area contributed by atoms with Crippen molar-refractivity contribution >= 4 is 11.6 Å². The van der Waals surface area contributed by atoms with E-state index >= 15 is 0 Å². The fourth-order valence-corrected chi connectivity index (χ4v) is 1.39. The van der Waals surface area contributed by atoms with Gasteiger partial charge in [0.25, 0.3) is 0 Å². The summed E-state index contributed by atoms with van der Waals surface area (Å²) in [6, 6.07) is 7.50. The molecule has 16 heavy (non-hydrogen) atoms. The predicted octanol–water partition coefficient (Wildman–Crippen LogP) is 3.27. The highest BCUT2D eigenvalue weighted by atomic mass is 35.5. The number of benzene rings is 1. The number of halogens is 3. The first-order valence-corrected chi connectivity index (χ1v) is 4.90. The number of rotatable bonds is 2. The van der Waals surface area contributed by atoms with Crippen LogP contribution in [0.2, 0.25) is 5.28 Å². The van der Waals surface area contributed by atoms with Crippen molar-refractivity contribution in [1.29, 1.82) is 0 Å². The second kappa shape index (κ2) is 4.14. The average Bonchev–Trinajstić information content (AvgIpc) is 2.31. The molecule has 5 heteroatoms. The minimum atomic E-state index is -3.11. The summed E-state index contributed by atoms with van der Waals surface area (Å²) in [5, 5.41) is -0.0485. The Kier molecular flexibility index (Phi) is 2.83. The Morgan fingerprint density at radius 3 is 2.06 bits per heavy atom. The van der Waals surface area contributed by atoms with E-state index in [0.717, 1.165) is 12.4 Å². The summed E-state index contributed by atoms with van der Waals surface area (Å²) in [5.41, 5.74) is -0.371. The van der Waals surface area contributed by atoms with Gasteiger partial charge in [0.2, 0.25) is 5.28 Å². The Balaban J connectivity index is 2.43. The van der Waals surface area contributed by atoms with Crippen LogP contribution in [0, 0.1) is 0 Å². The van der Waals surface area contributed by atoms with Gasteiger partial charge < -0.3 is 0 Å². The molecule has 0 amide bonds. The van der Waals surface area contributed by atoms with E-state index in [1.54, 1.807) is 18.2 Å². The molecule has 1 aromatic carbocycles. The van der Waals surface area contributed by atoms with Gasteiger partial charge in [-0.3, -0.25) is 0 Å². The fourth-order valence-electron chi connectivity index (χ4n) is 1.29. The van der Waals surface area contributed by atoms with Crippen LogP contribution >= 0.6 is 11.6 Å². The lowest BCUT2D eigenvalue weighted by Crippen LogP contribution is -2.15. The lowest BCUT2D eigenvalue weighted by atomic mass is 10.0. The van der Waals surface area contributed by atoms with Crippen molar-refractivity contribution in [3.8, 4) is 0 Å². The van der Waals surface area contributed by atoms with Gasteiger partial charge in [0.15, 0.2) is 0 Å². The minimum absolute atomic E-state index is 0.0485. The molecule has 1 heterocycles. The van der Waals surface area contributed by atoms with Crippen molar-refractivity contribution in [3.63, 3.8) is 0 Å². The van der Waals surface area contributed by atoms with Crippen molar-refractivity contribution in [3.05, 3.63) is 59.1 Å². The summed E-state index contributed by atoms with van der Waals surface area (Å²) in [5.74, 6) is -3.11. The second-order valence-electron chi connectivity index (χ2n) is 3.18. The zero-order valence-electron chi connectivity index (χ0n) is 8.07. The van der Waals surface area contributed by atoms with E-state index in [1.807, 2.05) is 0 Å². The molecule has 0 spiro atoms. The highest BCUT2D eigenvalue weighted by Crippen LogP contribution is 2.34. The Bertz CT molecular complexity index is 471. The van der Waals surface area contributed by atoms with Crippen LogP contribution in [-0.2, 0) is 5.92 Å². The third kappa shape index (κ3) is 2.02. The predicted molar refractivity (Wildman–Crippen MR) is 56.5 cm³/mol. The van der Waals surface area contributed by atoms with Gasteiger partial charge in [-0.2, -0.15) is 8.78 Å². The number of hydrogen-bond donors (Lipinski definition) is 0. The van der Waals surface area contributed by atoms with E-state index in [0.29, 0.717) is 0 Å². The number of aromatic nitrogens is 2. The highest BCUT2D eigenvalue weighted by molar-refractivity contribution is 6.28. The molecule has 82 valence electrons. The maximum Gasteiger partial charge on any atom is 0.301 e. The van der Waals surface area contributed by atoms with Crippen LogP contribution in [0.3, 0.4) is 0 Å². The molecule has 0 atom stereocenters. The van der Waals surface area contributed by atoms with Crippen LogP contribution in [0.1, 0.15) is 11.1 Å². The van der Waals surface area contributed by atoms with Crippen molar-refractivity contribution < 1.29 is 8.78 Å². The summed E-state index contributed by atoms with van der Waals surface area (Å²) in [7, 11) is 0. The molecule has 1 aromatic heterocycles. The highest BCUT2D eigenvalue weighted by Gasteiger charge is 2.34. The standard InChI is InChI=1S/C11H7ClF2N2/c12-10-15-6-9(7-16-10)11(13,14)8-4-2-1-3-5-8/h1-7H. The lowest BCUT2D eigenvalue weighted by Gasteiger charge is -2.15. The monoisotopic (exact) mass is 240 g/mol. The first-order valence-electron chi connectivity index (χ1n) is 4.52. The zero-order chi connectivity index (χ0) is 11.6. The van der Waals surface area contributed by atoms with Crippen LogP contribution < -0.4 is 0 Å². The molecule has 0 fully saturated rings. The van der Waals surface area contributed by atoms with Gasteiger partial charge in [0.05, 0.1) is 5.56 Å². The Labute approximate surface area is 95.9 Å². The Hall–Kier alpha value is -1.55. The molecule has 2 aromatic rings. The van der Waals surface area contributed by atoms with Gasteiger partial charge in [-0.05, 0) is 11.6 Å². The van der Waals surface area contributed by atoms with E-state index in [9.17, 15) is 8.78 Å². The third-order valence-electron chi connectivity index (χ3n) is 2.12. The molecule has 0 aliphatic rings. The van der Waals surface area contributed by atoms with Crippen LogP contribution in [0.25, 0.3) is 0 Å². The van der Waals surface area contributed by atoms with Crippen LogP contribution in [0.4, 0.5) is 8.78 Å². The zero-order valence-corrected chi connectivity index (χ0v) is 8.83. The molecule has 2 nitrogen and oxygen atoms in total. The first-order chi connectivity index (χ1) is 7.60. The van der Waals surface area contributed by atoms with Gasteiger partial charge >= 0.3 is 5.92 Å². The van der Waals surface area contributed by atoms with Gasteiger partial charge in [0.1, 0.15) is 0 Å². The minimum Gasteiger partial charge on any atom is -0.226 e. The molecule has 0 unspecified atom stereocenters. The quantitative estimate of drug-likeness (QED) is 0.753. The molecule has 0 bridgehead atoms. The van der Waals surface area contributed by atoms with Crippen LogP contribution in [-0.4, -0.2) is 9.97 Å². The van der Waals surface area contributed by atoms with Crippen molar-refractivity contribution in [2.75, 3.05) is 0 Å². The molecule has 2 rings (SSSR count). The second-order valence-corrected chi connectivity index (χ2v) is 3.52. The van der Waals surface area contributed by atoms with E-state index in [-0.39, 0.29) is 16.4 Å². The number of hydrogen-bond acceptors (Lipinski definition) is 2. The number of alkyl halides is 2. The normalized spacial score (nSPS) is 11.4. The summed E-state index contributed by atoms with van der Waals surface area (Å²) in [4.78, 5) is 7.09. The van der Waals surface area contributed by atoms with Crippen molar-refractivity contribution in [1.82, 2.24) is 9.97 Å². The topological polar surface area (TPSA) is 25.8 Å². The smallest absolute Gasteiger partial charge is 0.226 e. The van der Waals surface area contributed by atoms with Crippen molar-refractivity contribution in [2.45, 2.75) is 5.92 Å². The van der Waals surface area contributed by atoms with E-state index < -0.39 is 5.92 Å². The maximum atomic E-state index is 13.9. The average molecular weight is 241 g/mol. The van der Waals surface area contributed by atoms with E-state index in [4.69, 9.17) is 11.6 Å². The van der Waals surface area contributed by atoms with Gasteiger partial charge in [-0.25, -0.2) is 9.97 Å². The van der Waals surface area contributed by atoms with E-state index in [1.165, 1.54) is 12.1 Å². The third-order valence-corrected chi connectivity index (χ3v) is 2.31. The largest absolute Gasteiger partial charge is 0.301 e. The summed E-state index contributed by atoms with van der Waals surface area (Å²) < 4.78 is 27.8. The summed E-state index contributed by atoms with van der Waals surface area (Å²) >= 11 is 5.44. The van der Waals surface area contributed by atoms with Crippen LogP contribution in [0.15, 0.2) is 42.7 Å². The van der Waals surface area contributed by atoms with Gasteiger partial charge in [-0.1, -0.05) is 30.3 Å². The molecule has 0 aliphatic carbocycles. The molecule has 0 radical (unpaired) electrons. The van der Waals surface area contributed by atoms with Gasteiger partial charge in [0, 0.05) is 18.0 Å².